The smallest absolute Gasteiger partial charge is 0.211 e. The van der Waals surface area contributed by atoms with E-state index in [1.165, 1.54) is 17.4 Å². The van der Waals surface area contributed by atoms with Gasteiger partial charge in [-0.25, -0.2) is 4.39 Å². The van der Waals surface area contributed by atoms with Gasteiger partial charge in [-0.15, -0.1) is 10.2 Å². The number of aryl methyl sites for hydroxylation is 1. The lowest BCUT2D eigenvalue weighted by Gasteiger charge is -2.09. The second-order valence-electron chi connectivity index (χ2n) is 7.24. The summed E-state index contributed by atoms with van der Waals surface area (Å²) < 4.78 is 17.5. The van der Waals surface area contributed by atoms with Gasteiger partial charge in [0.2, 0.25) is 5.13 Å². The third-order valence-electron chi connectivity index (χ3n) is 4.86. The zero-order valence-electron chi connectivity index (χ0n) is 17.1. The summed E-state index contributed by atoms with van der Waals surface area (Å²) >= 11 is 13.8. The van der Waals surface area contributed by atoms with Crippen LogP contribution in [0, 0.1) is 19.7 Å². The molecule has 0 aliphatic carbocycles. The zero-order chi connectivity index (χ0) is 22.1. The SMILES string of the molecule is Cc1nn(C[C@H](C)c2nnc(Nc3ccn(Cc4c(F)cccc4Cl)n3)s2)c(C)c1Cl. The highest BCUT2D eigenvalue weighted by Gasteiger charge is 2.17. The van der Waals surface area contributed by atoms with Crippen LogP contribution in [-0.4, -0.2) is 29.8 Å². The first-order valence-electron chi connectivity index (χ1n) is 9.58. The van der Waals surface area contributed by atoms with Gasteiger partial charge in [0.1, 0.15) is 10.8 Å². The summed E-state index contributed by atoms with van der Waals surface area (Å²) in [5.41, 5.74) is 2.16. The molecule has 4 rings (SSSR count). The minimum Gasteiger partial charge on any atom is -0.313 e. The Bertz CT molecular complexity index is 1200. The predicted molar refractivity (Wildman–Crippen MR) is 121 cm³/mol. The Morgan fingerprint density at radius 2 is 1.97 bits per heavy atom. The Morgan fingerprint density at radius 1 is 1.16 bits per heavy atom. The standard InChI is InChI=1S/C20H20Cl2FN7S/c1-11(9-30-13(3)18(22)12(2)27-30)19-25-26-20(31-19)24-17-7-8-29(28-17)10-14-15(21)5-4-6-16(14)23/h4-8,11H,9-10H2,1-3H3,(H,24,26,28)/t11-/m0/s1. The second-order valence-corrected chi connectivity index (χ2v) is 9.03. The second kappa shape index (κ2) is 8.94. The van der Waals surface area contributed by atoms with Crippen molar-refractivity contribution in [2.75, 3.05) is 5.32 Å². The van der Waals surface area contributed by atoms with E-state index >= 15 is 0 Å². The summed E-state index contributed by atoms with van der Waals surface area (Å²) in [6.45, 7) is 6.81. The first kappa shape index (κ1) is 21.7. The lowest BCUT2D eigenvalue weighted by atomic mass is 10.2. The Balaban J connectivity index is 1.42. The first-order valence-corrected chi connectivity index (χ1v) is 11.2. The molecule has 0 saturated carbocycles. The van der Waals surface area contributed by atoms with Crippen LogP contribution in [-0.2, 0) is 13.1 Å². The van der Waals surface area contributed by atoms with Crippen molar-refractivity contribution in [1.82, 2.24) is 29.8 Å². The van der Waals surface area contributed by atoms with E-state index in [9.17, 15) is 4.39 Å². The maximum atomic E-state index is 14.0. The van der Waals surface area contributed by atoms with Crippen LogP contribution in [0.5, 0.6) is 0 Å². The van der Waals surface area contributed by atoms with Gasteiger partial charge >= 0.3 is 0 Å². The van der Waals surface area contributed by atoms with Crippen LogP contribution in [0.15, 0.2) is 30.5 Å². The van der Waals surface area contributed by atoms with Crippen LogP contribution in [0.3, 0.4) is 0 Å². The van der Waals surface area contributed by atoms with Gasteiger partial charge in [-0.05, 0) is 26.0 Å². The van der Waals surface area contributed by atoms with E-state index in [0.29, 0.717) is 33.1 Å². The summed E-state index contributed by atoms with van der Waals surface area (Å²) in [5, 5.41) is 23.1. The van der Waals surface area contributed by atoms with Crippen molar-refractivity contribution >= 4 is 45.5 Å². The van der Waals surface area contributed by atoms with E-state index < -0.39 is 0 Å². The van der Waals surface area contributed by atoms with Gasteiger partial charge in [0.15, 0.2) is 5.82 Å². The summed E-state index contributed by atoms with van der Waals surface area (Å²) in [6.07, 6.45) is 1.75. The quantitative estimate of drug-likeness (QED) is 0.373. The van der Waals surface area contributed by atoms with Gasteiger partial charge in [0.25, 0.3) is 0 Å². The number of anilines is 2. The average molecular weight is 480 g/mol. The molecule has 0 aliphatic heterocycles. The van der Waals surface area contributed by atoms with Crippen molar-refractivity contribution in [2.45, 2.75) is 39.8 Å². The molecule has 3 heterocycles. The van der Waals surface area contributed by atoms with E-state index in [1.807, 2.05) is 18.5 Å². The number of aromatic nitrogens is 6. The summed E-state index contributed by atoms with van der Waals surface area (Å²) in [4.78, 5) is 0. The summed E-state index contributed by atoms with van der Waals surface area (Å²) in [6, 6.07) is 6.41. The molecule has 0 aliphatic rings. The molecular formula is C20H20Cl2FN7S. The molecule has 0 unspecified atom stereocenters. The van der Waals surface area contributed by atoms with E-state index in [0.717, 1.165) is 16.4 Å². The van der Waals surface area contributed by atoms with Crippen LogP contribution in [0.1, 0.15) is 34.8 Å². The summed E-state index contributed by atoms with van der Waals surface area (Å²) in [7, 11) is 0. The van der Waals surface area contributed by atoms with Crippen molar-refractivity contribution in [3.05, 3.63) is 68.3 Å². The number of nitrogens with one attached hydrogen (secondary N) is 1. The molecule has 0 amide bonds. The predicted octanol–water partition coefficient (Wildman–Crippen LogP) is 5.59. The normalized spacial score (nSPS) is 12.3. The van der Waals surface area contributed by atoms with Gasteiger partial charge in [-0.2, -0.15) is 10.2 Å². The molecule has 11 heteroatoms. The van der Waals surface area contributed by atoms with E-state index in [-0.39, 0.29) is 18.3 Å². The third kappa shape index (κ3) is 4.73. The fourth-order valence-electron chi connectivity index (χ4n) is 3.15. The molecule has 4 aromatic rings. The van der Waals surface area contributed by atoms with Crippen LogP contribution in [0.4, 0.5) is 15.3 Å². The van der Waals surface area contributed by atoms with Crippen molar-refractivity contribution < 1.29 is 4.39 Å². The Hall–Kier alpha value is -2.49. The highest BCUT2D eigenvalue weighted by molar-refractivity contribution is 7.15. The molecule has 3 aromatic heterocycles. The minimum absolute atomic E-state index is 0.114. The highest BCUT2D eigenvalue weighted by atomic mass is 35.5. The maximum absolute atomic E-state index is 14.0. The van der Waals surface area contributed by atoms with Gasteiger partial charge in [0.05, 0.1) is 29.5 Å². The number of rotatable bonds is 7. The molecule has 0 bridgehead atoms. The fraction of sp³-hybridized carbons (Fsp3) is 0.300. The molecule has 1 atom stereocenters. The van der Waals surface area contributed by atoms with Gasteiger partial charge in [-0.3, -0.25) is 9.36 Å². The number of hydrogen-bond acceptors (Lipinski definition) is 6. The van der Waals surface area contributed by atoms with Crippen LogP contribution >= 0.6 is 34.5 Å². The van der Waals surface area contributed by atoms with Crippen molar-refractivity contribution in [3.63, 3.8) is 0 Å². The fourth-order valence-corrected chi connectivity index (χ4v) is 4.30. The van der Waals surface area contributed by atoms with Crippen LogP contribution in [0.25, 0.3) is 0 Å². The van der Waals surface area contributed by atoms with E-state index in [1.54, 1.807) is 29.1 Å². The molecule has 0 saturated heterocycles. The van der Waals surface area contributed by atoms with Crippen LogP contribution < -0.4 is 5.32 Å². The van der Waals surface area contributed by atoms with Gasteiger partial charge in [-0.1, -0.05) is 47.5 Å². The van der Waals surface area contributed by atoms with E-state index in [2.05, 4.69) is 32.6 Å². The largest absolute Gasteiger partial charge is 0.313 e. The van der Waals surface area contributed by atoms with Crippen molar-refractivity contribution in [3.8, 4) is 0 Å². The minimum atomic E-state index is -0.357. The zero-order valence-corrected chi connectivity index (χ0v) is 19.4. The molecule has 162 valence electrons. The Kier molecular flexibility index (Phi) is 6.27. The molecule has 0 radical (unpaired) electrons. The average Bonchev–Trinajstić information content (AvgIpc) is 3.43. The topological polar surface area (TPSA) is 73.5 Å². The van der Waals surface area contributed by atoms with Gasteiger partial charge in [0, 0.05) is 28.8 Å². The van der Waals surface area contributed by atoms with Crippen molar-refractivity contribution in [2.24, 2.45) is 0 Å². The van der Waals surface area contributed by atoms with Crippen molar-refractivity contribution in [1.29, 1.82) is 0 Å². The Morgan fingerprint density at radius 3 is 2.68 bits per heavy atom. The van der Waals surface area contributed by atoms with E-state index in [4.69, 9.17) is 23.2 Å². The van der Waals surface area contributed by atoms with Gasteiger partial charge < -0.3 is 5.32 Å². The Labute approximate surface area is 192 Å². The molecule has 7 nitrogen and oxygen atoms in total. The first-order chi connectivity index (χ1) is 14.8. The molecule has 0 fully saturated rings. The van der Waals surface area contributed by atoms with Crippen LogP contribution in [0.2, 0.25) is 10.0 Å². The number of halogens is 3. The molecular weight excluding hydrogens is 460 g/mol. The molecule has 1 N–H and O–H groups in total. The summed E-state index contributed by atoms with van der Waals surface area (Å²) in [5.74, 6) is 0.347. The number of hydrogen-bond donors (Lipinski definition) is 1. The number of benzene rings is 1. The highest BCUT2D eigenvalue weighted by Crippen LogP contribution is 2.28. The number of nitrogens with zero attached hydrogens (tertiary/aromatic N) is 6. The lowest BCUT2D eigenvalue weighted by molar-refractivity contribution is 0.525. The lowest BCUT2D eigenvalue weighted by Crippen LogP contribution is -2.09. The monoisotopic (exact) mass is 479 g/mol. The molecule has 31 heavy (non-hydrogen) atoms. The third-order valence-corrected chi connectivity index (χ3v) is 6.83. The molecule has 0 spiro atoms. The maximum Gasteiger partial charge on any atom is 0.211 e. The molecule has 1 aromatic carbocycles.